The van der Waals surface area contributed by atoms with Gasteiger partial charge in [0.2, 0.25) is 0 Å². The number of nitrogens with zero attached hydrogens (tertiary/aromatic N) is 1. The summed E-state index contributed by atoms with van der Waals surface area (Å²) in [4.78, 5) is 24.1. The van der Waals surface area contributed by atoms with Crippen molar-refractivity contribution in [1.82, 2.24) is 9.88 Å². The highest BCUT2D eigenvalue weighted by Crippen LogP contribution is 2.19. The zero-order chi connectivity index (χ0) is 17.1. The Morgan fingerprint density at radius 2 is 2.08 bits per heavy atom. The molecule has 0 fully saturated rings. The van der Waals surface area contributed by atoms with Crippen molar-refractivity contribution in [3.8, 4) is 0 Å². The van der Waals surface area contributed by atoms with Crippen molar-refractivity contribution in [2.75, 3.05) is 11.9 Å². The highest BCUT2D eigenvalue weighted by molar-refractivity contribution is 6.39. The number of anilines is 1. The van der Waals surface area contributed by atoms with Gasteiger partial charge in [0.15, 0.2) is 0 Å². The van der Waals surface area contributed by atoms with Crippen molar-refractivity contribution in [2.45, 2.75) is 6.04 Å². The number of hydrogen-bond donors (Lipinski definition) is 3. The second-order valence-corrected chi connectivity index (χ2v) is 5.38. The Morgan fingerprint density at radius 1 is 1.25 bits per heavy atom. The number of carbonyl (C=O) groups excluding carboxylic acids is 2. The van der Waals surface area contributed by atoms with Crippen LogP contribution in [-0.4, -0.2) is 28.1 Å². The van der Waals surface area contributed by atoms with E-state index in [0.29, 0.717) is 11.4 Å². The van der Waals surface area contributed by atoms with Crippen LogP contribution in [0.15, 0.2) is 53.3 Å². The fourth-order valence-corrected chi connectivity index (χ4v) is 2.45. The summed E-state index contributed by atoms with van der Waals surface area (Å²) in [5, 5.41) is 15.4. The highest BCUT2D eigenvalue weighted by atomic mass is 16.3. The number of furan rings is 1. The lowest BCUT2D eigenvalue weighted by molar-refractivity contribution is -0.136. The molecule has 24 heavy (non-hydrogen) atoms. The fraction of sp³-hybridized carbons (Fsp3) is 0.176. The molecule has 0 aliphatic heterocycles. The van der Waals surface area contributed by atoms with Crippen molar-refractivity contribution in [3.05, 3.63) is 54.6 Å². The molecule has 0 saturated heterocycles. The van der Waals surface area contributed by atoms with Gasteiger partial charge in [-0.2, -0.15) is 0 Å². The molecular weight excluding hydrogens is 310 g/mol. The molecule has 1 aromatic carbocycles. The van der Waals surface area contributed by atoms with Gasteiger partial charge in [-0.05, 0) is 35.7 Å². The van der Waals surface area contributed by atoms with E-state index in [-0.39, 0.29) is 6.61 Å². The molecule has 0 bridgehead atoms. The average Bonchev–Trinajstić information content (AvgIpc) is 3.23. The topological polar surface area (TPSA) is 96.5 Å². The number of rotatable bonds is 4. The van der Waals surface area contributed by atoms with Crippen molar-refractivity contribution in [1.29, 1.82) is 0 Å². The first kappa shape index (κ1) is 15.8. The van der Waals surface area contributed by atoms with Crippen LogP contribution in [0.2, 0.25) is 0 Å². The largest absolute Gasteiger partial charge is 0.467 e. The van der Waals surface area contributed by atoms with Gasteiger partial charge in [0.1, 0.15) is 11.8 Å². The van der Waals surface area contributed by atoms with Gasteiger partial charge in [-0.25, -0.2) is 0 Å². The molecule has 7 heteroatoms. The predicted octanol–water partition coefficient (Wildman–Crippen LogP) is 1.56. The van der Waals surface area contributed by atoms with Gasteiger partial charge in [0.25, 0.3) is 0 Å². The van der Waals surface area contributed by atoms with Crippen molar-refractivity contribution in [2.24, 2.45) is 7.05 Å². The number of aryl methyl sites for hydroxylation is 1. The number of nitrogens with one attached hydrogen (secondary N) is 2. The average molecular weight is 327 g/mol. The number of aliphatic hydroxyl groups excluding tert-OH is 1. The van der Waals surface area contributed by atoms with Gasteiger partial charge >= 0.3 is 11.8 Å². The van der Waals surface area contributed by atoms with Crippen LogP contribution in [0.4, 0.5) is 5.69 Å². The fourth-order valence-electron chi connectivity index (χ4n) is 2.45. The number of hydrogen-bond acceptors (Lipinski definition) is 4. The maximum atomic E-state index is 12.1. The van der Waals surface area contributed by atoms with Crippen LogP contribution in [-0.2, 0) is 16.6 Å². The smallest absolute Gasteiger partial charge is 0.313 e. The van der Waals surface area contributed by atoms with E-state index in [1.807, 2.05) is 29.9 Å². The summed E-state index contributed by atoms with van der Waals surface area (Å²) in [5.41, 5.74) is 1.46. The van der Waals surface area contributed by atoms with Gasteiger partial charge < -0.3 is 24.7 Å². The molecule has 2 aromatic heterocycles. The van der Waals surface area contributed by atoms with E-state index < -0.39 is 17.9 Å². The number of aromatic nitrogens is 1. The van der Waals surface area contributed by atoms with Crippen LogP contribution in [0.3, 0.4) is 0 Å². The van der Waals surface area contributed by atoms with E-state index in [2.05, 4.69) is 10.6 Å². The summed E-state index contributed by atoms with van der Waals surface area (Å²) in [6, 6.07) is 9.82. The van der Waals surface area contributed by atoms with E-state index in [9.17, 15) is 14.7 Å². The van der Waals surface area contributed by atoms with Gasteiger partial charge in [-0.1, -0.05) is 6.07 Å². The zero-order valence-corrected chi connectivity index (χ0v) is 13.0. The molecule has 3 aromatic rings. The number of fused-ring (bicyclic) bond motifs is 1. The van der Waals surface area contributed by atoms with E-state index in [4.69, 9.17) is 4.42 Å². The summed E-state index contributed by atoms with van der Waals surface area (Å²) in [7, 11) is 1.90. The number of carbonyl (C=O) groups is 2. The van der Waals surface area contributed by atoms with Crippen LogP contribution in [0.25, 0.3) is 10.9 Å². The van der Waals surface area contributed by atoms with Crippen molar-refractivity contribution in [3.63, 3.8) is 0 Å². The third-order valence-electron chi connectivity index (χ3n) is 3.73. The van der Waals surface area contributed by atoms with Crippen LogP contribution >= 0.6 is 0 Å². The Kier molecular flexibility index (Phi) is 4.35. The van der Waals surface area contributed by atoms with Crippen molar-refractivity contribution >= 4 is 28.4 Å². The molecule has 3 N–H and O–H groups in total. The monoisotopic (exact) mass is 327 g/mol. The summed E-state index contributed by atoms with van der Waals surface area (Å²) < 4.78 is 7.05. The lowest BCUT2D eigenvalue weighted by Crippen LogP contribution is -2.38. The second kappa shape index (κ2) is 6.59. The summed E-state index contributed by atoms with van der Waals surface area (Å²) in [6.07, 6.45) is 3.34. The number of amides is 2. The Bertz CT molecular complexity index is 867. The standard InChI is InChI=1S/C17H17N3O4/c1-20-7-6-11-4-5-12(9-14(11)20)18-16(22)17(23)19-13(10-21)15-3-2-8-24-15/h2-9,13,21H,10H2,1H3,(H,18,22)(H,19,23). The Hall–Kier alpha value is -3.06. The highest BCUT2D eigenvalue weighted by Gasteiger charge is 2.21. The third kappa shape index (κ3) is 3.16. The maximum Gasteiger partial charge on any atom is 0.313 e. The quantitative estimate of drug-likeness (QED) is 0.634. The minimum absolute atomic E-state index is 0.373. The van der Waals surface area contributed by atoms with Crippen LogP contribution in [0.5, 0.6) is 0 Å². The normalized spacial score (nSPS) is 12.1. The molecular formula is C17H17N3O4. The molecule has 0 saturated carbocycles. The molecule has 3 rings (SSSR count). The Morgan fingerprint density at radius 3 is 2.79 bits per heavy atom. The van der Waals surface area contributed by atoms with Gasteiger partial charge in [0, 0.05) is 24.4 Å². The lowest BCUT2D eigenvalue weighted by atomic mass is 10.2. The van der Waals surface area contributed by atoms with Crippen molar-refractivity contribution < 1.29 is 19.1 Å². The van der Waals surface area contributed by atoms with E-state index in [1.54, 1.807) is 24.3 Å². The first-order valence-corrected chi connectivity index (χ1v) is 7.39. The molecule has 1 unspecified atom stereocenters. The van der Waals surface area contributed by atoms with E-state index in [0.717, 1.165) is 10.9 Å². The zero-order valence-electron chi connectivity index (χ0n) is 13.0. The van der Waals surface area contributed by atoms with Crippen LogP contribution in [0.1, 0.15) is 11.8 Å². The van der Waals surface area contributed by atoms with Gasteiger partial charge in [0.05, 0.1) is 12.9 Å². The van der Waals surface area contributed by atoms with Crippen LogP contribution in [0, 0.1) is 0 Å². The van der Waals surface area contributed by atoms with Gasteiger partial charge in [-0.15, -0.1) is 0 Å². The Labute approximate surface area is 137 Å². The van der Waals surface area contributed by atoms with Crippen LogP contribution < -0.4 is 10.6 Å². The maximum absolute atomic E-state index is 12.1. The minimum atomic E-state index is -0.850. The number of benzene rings is 1. The molecule has 1 atom stereocenters. The lowest BCUT2D eigenvalue weighted by Gasteiger charge is -2.13. The molecule has 2 heterocycles. The molecule has 0 aliphatic carbocycles. The summed E-state index contributed by atoms with van der Waals surface area (Å²) in [6.45, 7) is -0.373. The first-order chi connectivity index (χ1) is 11.6. The summed E-state index contributed by atoms with van der Waals surface area (Å²) >= 11 is 0. The molecule has 2 amide bonds. The third-order valence-corrected chi connectivity index (χ3v) is 3.73. The molecule has 0 spiro atoms. The summed E-state index contributed by atoms with van der Waals surface area (Å²) in [5.74, 6) is -1.28. The molecule has 0 radical (unpaired) electrons. The molecule has 7 nitrogen and oxygen atoms in total. The van der Waals surface area contributed by atoms with Gasteiger partial charge in [-0.3, -0.25) is 9.59 Å². The Balaban J connectivity index is 1.68. The second-order valence-electron chi connectivity index (χ2n) is 5.38. The van der Waals surface area contributed by atoms with E-state index >= 15 is 0 Å². The molecule has 0 aliphatic rings. The number of aliphatic hydroxyl groups is 1. The molecule has 124 valence electrons. The SMILES string of the molecule is Cn1ccc2ccc(NC(=O)C(=O)NC(CO)c3ccco3)cc21. The minimum Gasteiger partial charge on any atom is -0.467 e. The van der Waals surface area contributed by atoms with E-state index in [1.165, 1.54) is 6.26 Å². The first-order valence-electron chi connectivity index (χ1n) is 7.39. The predicted molar refractivity (Wildman–Crippen MR) is 88.2 cm³/mol.